The van der Waals surface area contributed by atoms with Gasteiger partial charge in [0.1, 0.15) is 6.54 Å². The zero-order valence-corrected chi connectivity index (χ0v) is 10.8. The van der Waals surface area contributed by atoms with Crippen molar-refractivity contribution >= 4 is 6.09 Å². The summed E-state index contributed by atoms with van der Waals surface area (Å²) in [6, 6.07) is -0.526. The second kappa shape index (κ2) is 6.98. The first-order valence-electron chi connectivity index (χ1n) is 6.58. The third kappa shape index (κ3) is 6.66. The summed E-state index contributed by atoms with van der Waals surface area (Å²) in [6.45, 7) is -1.72. The van der Waals surface area contributed by atoms with Crippen LogP contribution < -0.4 is 5.73 Å². The van der Waals surface area contributed by atoms with Crippen LogP contribution in [0.1, 0.15) is 38.5 Å². The molecule has 1 atom stereocenters. The molecule has 1 aliphatic carbocycles. The third-order valence-corrected chi connectivity index (χ3v) is 3.46. The van der Waals surface area contributed by atoms with Gasteiger partial charge in [-0.05, 0) is 12.3 Å². The first kappa shape index (κ1) is 16.1. The molecule has 0 spiro atoms. The van der Waals surface area contributed by atoms with Crippen LogP contribution in [0.3, 0.4) is 0 Å². The maximum atomic E-state index is 12.2. The Hall–Kier alpha value is -0.980. The Balaban J connectivity index is 2.42. The van der Waals surface area contributed by atoms with E-state index in [0.29, 0.717) is 17.2 Å². The molecular weight excluding hydrogens is 261 g/mol. The average molecular weight is 282 g/mol. The molecule has 0 radical (unpaired) electrons. The number of halogens is 3. The highest BCUT2D eigenvalue weighted by molar-refractivity contribution is 5.65. The van der Waals surface area contributed by atoms with Crippen LogP contribution in [0.2, 0.25) is 0 Å². The summed E-state index contributed by atoms with van der Waals surface area (Å²) in [5, 5.41) is 8.76. The van der Waals surface area contributed by atoms with Crippen LogP contribution in [0.5, 0.6) is 0 Å². The van der Waals surface area contributed by atoms with Crippen molar-refractivity contribution in [3.63, 3.8) is 0 Å². The molecule has 0 unspecified atom stereocenters. The van der Waals surface area contributed by atoms with E-state index in [-0.39, 0.29) is 6.54 Å². The molecule has 19 heavy (non-hydrogen) atoms. The Morgan fingerprint density at radius 1 is 1.32 bits per heavy atom. The smallest absolute Gasteiger partial charge is 0.407 e. The lowest BCUT2D eigenvalue weighted by atomic mass is 9.85. The number of amides is 1. The fraction of sp³-hybridized carbons (Fsp3) is 0.917. The maximum absolute atomic E-state index is 12.2. The van der Waals surface area contributed by atoms with Crippen LogP contribution in [0, 0.1) is 5.92 Å². The molecule has 0 heterocycles. The van der Waals surface area contributed by atoms with Crippen molar-refractivity contribution in [1.82, 2.24) is 4.90 Å². The van der Waals surface area contributed by atoms with Crippen molar-refractivity contribution in [1.29, 1.82) is 0 Å². The van der Waals surface area contributed by atoms with Crippen molar-refractivity contribution < 1.29 is 23.1 Å². The Labute approximate surface area is 110 Å². The maximum Gasteiger partial charge on any atom is 0.407 e. The van der Waals surface area contributed by atoms with Gasteiger partial charge in [-0.25, -0.2) is 4.79 Å². The number of hydrogen-bond donors (Lipinski definition) is 2. The number of nitrogens with zero attached hydrogens (tertiary/aromatic N) is 1. The summed E-state index contributed by atoms with van der Waals surface area (Å²) >= 11 is 0. The number of hydrogen-bond acceptors (Lipinski definition) is 2. The number of rotatable bonds is 5. The summed E-state index contributed by atoms with van der Waals surface area (Å²) < 4.78 is 36.7. The first-order chi connectivity index (χ1) is 8.78. The lowest BCUT2D eigenvalue weighted by Crippen LogP contribution is -2.45. The van der Waals surface area contributed by atoms with E-state index in [9.17, 15) is 18.0 Å². The van der Waals surface area contributed by atoms with Gasteiger partial charge in [-0.2, -0.15) is 13.2 Å². The van der Waals surface area contributed by atoms with E-state index in [4.69, 9.17) is 10.8 Å². The molecule has 1 aliphatic rings. The second-order valence-corrected chi connectivity index (χ2v) is 5.28. The van der Waals surface area contributed by atoms with Crippen molar-refractivity contribution in [2.75, 3.05) is 13.1 Å². The Morgan fingerprint density at radius 2 is 1.89 bits per heavy atom. The van der Waals surface area contributed by atoms with Gasteiger partial charge in [-0.1, -0.05) is 32.1 Å². The van der Waals surface area contributed by atoms with E-state index in [2.05, 4.69) is 0 Å². The van der Waals surface area contributed by atoms with Gasteiger partial charge >= 0.3 is 12.3 Å². The van der Waals surface area contributed by atoms with E-state index >= 15 is 0 Å². The highest BCUT2D eigenvalue weighted by Gasteiger charge is 2.33. The van der Waals surface area contributed by atoms with E-state index < -0.39 is 24.9 Å². The van der Waals surface area contributed by atoms with Crippen molar-refractivity contribution in [3.05, 3.63) is 0 Å². The zero-order valence-electron chi connectivity index (χ0n) is 10.8. The molecule has 0 aliphatic heterocycles. The molecule has 1 saturated carbocycles. The van der Waals surface area contributed by atoms with E-state index in [1.165, 1.54) is 6.42 Å². The molecule has 3 N–H and O–H groups in total. The summed E-state index contributed by atoms with van der Waals surface area (Å²) in [7, 11) is 0. The molecule has 1 rings (SSSR count). The molecule has 0 aromatic rings. The summed E-state index contributed by atoms with van der Waals surface area (Å²) in [5.41, 5.74) is 5.79. The number of carboxylic acid groups (broad SMARTS) is 1. The number of nitrogens with two attached hydrogens (primary N) is 1. The van der Waals surface area contributed by atoms with Gasteiger partial charge < -0.3 is 10.8 Å². The van der Waals surface area contributed by atoms with Gasteiger partial charge in [-0.15, -0.1) is 0 Å². The van der Waals surface area contributed by atoms with Crippen LogP contribution in [0.25, 0.3) is 0 Å². The van der Waals surface area contributed by atoms with Crippen LogP contribution in [-0.2, 0) is 0 Å². The SMILES string of the molecule is N[C@@H](CC1CCCCC1)CN(CC(F)(F)F)C(=O)O. The first-order valence-corrected chi connectivity index (χ1v) is 6.58. The van der Waals surface area contributed by atoms with Crippen molar-refractivity contribution in [2.24, 2.45) is 11.7 Å². The molecule has 112 valence electrons. The highest BCUT2D eigenvalue weighted by atomic mass is 19.4. The van der Waals surface area contributed by atoms with Crippen LogP contribution in [0.15, 0.2) is 0 Å². The lowest BCUT2D eigenvalue weighted by molar-refractivity contribution is -0.142. The summed E-state index contributed by atoms with van der Waals surface area (Å²) in [4.78, 5) is 11.1. The molecule has 4 nitrogen and oxygen atoms in total. The molecule has 1 amide bonds. The fourth-order valence-corrected chi connectivity index (χ4v) is 2.64. The quantitative estimate of drug-likeness (QED) is 0.814. The van der Waals surface area contributed by atoms with Gasteiger partial charge in [-0.3, -0.25) is 4.90 Å². The second-order valence-electron chi connectivity index (χ2n) is 5.28. The molecule has 0 aromatic heterocycles. The fourth-order valence-electron chi connectivity index (χ4n) is 2.64. The molecule has 0 aromatic carbocycles. The van der Waals surface area contributed by atoms with Gasteiger partial charge in [0.15, 0.2) is 0 Å². The minimum atomic E-state index is -4.52. The zero-order chi connectivity index (χ0) is 14.5. The summed E-state index contributed by atoms with van der Waals surface area (Å²) in [5.74, 6) is 0.422. The third-order valence-electron chi connectivity index (χ3n) is 3.46. The van der Waals surface area contributed by atoms with Crippen LogP contribution in [-0.4, -0.2) is 41.4 Å². The van der Waals surface area contributed by atoms with E-state index in [0.717, 1.165) is 25.7 Å². The average Bonchev–Trinajstić information content (AvgIpc) is 2.27. The van der Waals surface area contributed by atoms with Gasteiger partial charge in [0, 0.05) is 12.6 Å². The Bertz CT molecular complexity index is 291. The van der Waals surface area contributed by atoms with Crippen LogP contribution >= 0.6 is 0 Å². The highest BCUT2D eigenvalue weighted by Crippen LogP contribution is 2.27. The van der Waals surface area contributed by atoms with Gasteiger partial charge in [0.2, 0.25) is 0 Å². The van der Waals surface area contributed by atoms with Crippen molar-refractivity contribution in [3.8, 4) is 0 Å². The number of alkyl halides is 3. The predicted octanol–water partition coefficient (Wildman–Crippen LogP) is 2.83. The van der Waals surface area contributed by atoms with Gasteiger partial charge in [0.25, 0.3) is 0 Å². The topological polar surface area (TPSA) is 66.6 Å². The Kier molecular flexibility index (Phi) is 5.90. The minimum Gasteiger partial charge on any atom is -0.465 e. The predicted molar refractivity (Wildman–Crippen MR) is 64.8 cm³/mol. The van der Waals surface area contributed by atoms with E-state index in [1.54, 1.807) is 0 Å². The minimum absolute atomic E-state index is 0.259. The van der Waals surface area contributed by atoms with E-state index in [1.807, 2.05) is 0 Å². The molecule has 1 fully saturated rings. The van der Waals surface area contributed by atoms with Crippen LogP contribution in [0.4, 0.5) is 18.0 Å². The number of carbonyl (C=O) groups is 1. The molecule has 0 bridgehead atoms. The van der Waals surface area contributed by atoms with Crippen molar-refractivity contribution in [2.45, 2.75) is 50.7 Å². The monoisotopic (exact) mass is 282 g/mol. The molecular formula is C12H21F3N2O2. The van der Waals surface area contributed by atoms with Gasteiger partial charge in [0.05, 0.1) is 0 Å². The summed E-state index contributed by atoms with van der Waals surface area (Å²) in [6.07, 6.45) is 0.0353. The molecule has 7 heteroatoms. The normalized spacial score (nSPS) is 19.2. The molecule has 0 saturated heterocycles. The largest absolute Gasteiger partial charge is 0.465 e. The standard InChI is InChI=1S/C12H21F3N2O2/c13-12(14,15)8-17(11(18)19)7-10(16)6-9-4-2-1-3-5-9/h9-10H,1-8,16H2,(H,18,19)/t10-/m0/s1. The lowest BCUT2D eigenvalue weighted by Gasteiger charge is -2.28. The Morgan fingerprint density at radius 3 is 2.37 bits per heavy atom.